The van der Waals surface area contributed by atoms with E-state index in [1.807, 2.05) is 44.2 Å². The van der Waals surface area contributed by atoms with E-state index in [0.29, 0.717) is 11.4 Å². The summed E-state index contributed by atoms with van der Waals surface area (Å²) in [5, 5.41) is 10.5. The SMILES string of the molecule is C=C1/C=C\C(c2ccc(OC)c(C)c2)=C/C/C=C\C(B(O)OC(C)C(C)C)=C/1. The molecule has 0 spiro atoms. The maximum atomic E-state index is 10.5. The van der Waals surface area contributed by atoms with Crippen LogP contribution in [0.3, 0.4) is 0 Å². The zero-order valence-electron chi connectivity index (χ0n) is 17.6. The molecule has 1 atom stereocenters. The second kappa shape index (κ2) is 10.3. The Hall–Kier alpha value is -2.30. The fourth-order valence-electron chi connectivity index (χ4n) is 2.84. The van der Waals surface area contributed by atoms with Gasteiger partial charge >= 0.3 is 7.12 Å². The molecule has 0 aromatic heterocycles. The summed E-state index contributed by atoms with van der Waals surface area (Å²) in [5.74, 6) is 1.22. The zero-order chi connectivity index (χ0) is 20.7. The zero-order valence-corrected chi connectivity index (χ0v) is 17.6. The van der Waals surface area contributed by atoms with Crippen LogP contribution in [0, 0.1) is 12.8 Å². The van der Waals surface area contributed by atoms with Crippen LogP contribution in [0.1, 0.15) is 38.3 Å². The average molecular weight is 378 g/mol. The van der Waals surface area contributed by atoms with E-state index in [4.69, 9.17) is 9.39 Å². The summed E-state index contributed by atoms with van der Waals surface area (Å²) in [6, 6.07) is 6.18. The summed E-state index contributed by atoms with van der Waals surface area (Å²) in [7, 11) is 0.717. The van der Waals surface area contributed by atoms with Crippen molar-refractivity contribution in [3.8, 4) is 5.75 Å². The third-order valence-corrected chi connectivity index (χ3v) is 4.91. The molecule has 0 bridgehead atoms. The van der Waals surface area contributed by atoms with Gasteiger partial charge in [0.2, 0.25) is 0 Å². The Morgan fingerprint density at radius 1 is 1.14 bits per heavy atom. The molecule has 28 heavy (non-hydrogen) atoms. The van der Waals surface area contributed by atoms with Gasteiger partial charge in [0.25, 0.3) is 0 Å². The topological polar surface area (TPSA) is 38.7 Å². The van der Waals surface area contributed by atoms with Crippen LogP contribution in [0.5, 0.6) is 5.75 Å². The quantitative estimate of drug-likeness (QED) is 0.668. The molecule has 1 aliphatic carbocycles. The van der Waals surface area contributed by atoms with Crippen molar-refractivity contribution in [2.75, 3.05) is 7.11 Å². The van der Waals surface area contributed by atoms with Crippen LogP contribution >= 0.6 is 0 Å². The molecule has 148 valence electrons. The third kappa shape index (κ3) is 6.11. The van der Waals surface area contributed by atoms with E-state index in [1.165, 1.54) is 0 Å². The summed E-state index contributed by atoms with van der Waals surface area (Å²) in [5.41, 5.74) is 4.87. The molecule has 0 heterocycles. The highest BCUT2D eigenvalue weighted by Crippen LogP contribution is 2.25. The van der Waals surface area contributed by atoms with E-state index < -0.39 is 7.12 Å². The van der Waals surface area contributed by atoms with Crippen molar-refractivity contribution in [2.24, 2.45) is 5.92 Å². The van der Waals surface area contributed by atoms with Crippen LogP contribution in [0.2, 0.25) is 0 Å². The minimum atomic E-state index is -0.967. The third-order valence-electron chi connectivity index (χ3n) is 4.91. The summed E-state index contributed by atoms with van der Waals surface area (Å²) in [6.45, 7) is 12.3. The molecular formula is C24H31BO3. The summed E-state index contributed by atoms with van der Waals surface area (Å²) in [4.78, 5) is 0. The van der Waals surface area contributed by atoms with Crippen molar-refractivity contribution in [3.63, 3.8) is 0 Å². The molecule has 1 aromatic carbocycles. The highest BCUT2D eigenvalue weighted by molar-refractivity contribution is 6.53. The van der Waals surface area contributed by atoms with E-state index in [9.17, 15) is 5.02 Å². The van der Waals surface area contributed by atoms with Crippen LogP contribution < -0.4 is 4.74 Å². The van der Waals surface area contributed by atoms with Gasteiger partial charge in [-0.15, -0.1) is 0 Å². The van der Waals surface area contributed by atoms with E-state index in [2.05, 4.69) is 44.7 Å². The smallest absolute Gasteiger partial charge is 0.491 e. The first-order valence-corrected chi connectivity index (χ1v) is 9.75. The Kier molecular flexibility index (Phi) is 8.10. The molecule has 2 rings (SSSR count). The predicted molar refractivity (Wildman–Crippen MR) is 119 cm³/mol. The first-order chi connectivity index (χ1) is 13.3. The van der Waals surface area contributed by atoms with Crippen molar-refractivity contribution in [2.45, 2.75) is 40.2 Å². The summed E-state index contributed by atoms with van der Waals surface area (Å²) in [6.07, 6.45) is 12.7. The van der Waals surface area contributed by atoms with Gasteiger partial charge in [0, 0.05) is 6.10 Å². The second-order valence-corrected chi connectivity index (χ2v) is 7.47. The van der Waals surface area contributed by atoms with E-state index >= 15 is 0 Å². The molecule has 3 nitrogen and oxygen atoms in total. The van der Waals surface area contributed by atoms with E-state index in [0.717, 1.165) is 34.4 Å². The van der Waals surface area contributed by atoms with Gasteiger partial charge in [0.15, 0.2) is 0 Å². The highest BCUT2D eigenvalue weighted by Gasteiger charge is 2.22. The summed E-state index contributed by atoms with van der Waals surface area (Å²) >= 11 is 0. The van der Waals surface area contributed by atoms with E-state index in [1.54, 1.807) is 7.11 Å². The lowest BCUT2D eigenvalue weighted by molar-refractivity contribution is 0.143. The number of hydrogen-bond acceptors (Lipinski definition) is 3. The Labute approximate surface area is 169 Å². The van der Waals surface area contributed by atoms with Gasteiger partial charge in [0.1, 0.15) is 5.75 Å². The van der Waals surface area contributed by atoms with Gasteiger partial charge in [0.05, 0.1) is 7.11 Å². The van der Waals surface area contributed by atoms with Crippen molar-refractivity contribution in [1.29, 1.82) is 0 Å². The largest absolute Gasteiger partial charge is 0.496 e. The van der Waals surface area contributed by atoms with Crippen molar-refractivity contribution in [3.05, 3.63) is 83.4 Å². The monoisotopic (exact) mass is 378 g/mol. The molecule has 0 amide bonds. The van der Waals surface area contributed by atoms with Gasteiger partial charge in [-0.2, -0.15) is 0 Å². The molecule has 0 aliphatic heterocycles. The van der Waals surface area contributed by atoms with Crippen LogP contribution in [-0.2, 0) is 4.65 Å². The van der Waals surface area contributed by atoms with Gasteiger partial charge in [-0.3, -0.25) is 0 Å². The number of ether oxygens (including phenoxy) is 1. The maximum absolute atomic E-state index is 10.5. The Morgan fingerprint density at radius 3 is 2.54 bits per heavy atom. The van der Waals surface area contributed by atoms with Crippen molar-refractivity contribution in [1.82, 2.24) is 0 Å². The molecule has 1 aromatic rings. The van der Waals surface area contributed by atoms with Gasteiger partial charge in [-0.05, 0) is 66.1 Å². The molecular weight excluding hydrogens is 347 g/mol. The van der Waals surface area contributed by atoms with Gasteiger partial charge in [-0.25, -0.2) is 0 Å². The lowest BCUT2D eigenvalue weighted by Crippen LogP contribution is -2.29. The van der Waals surface area contributed by atoms with Crippen molar-refractivity contribution < 1.29 is 14.4 Å². The molecule has 1 unspecified atom stereocenters. The highest BCUT2D eigenvalue weighted by atomic mass is 16.5. The molecule has 0 radical (unpaired) electrons. The second-order valence-electron chi connectivity index (χ2n) is 7.47. The van der Waals surface area contributed by atoms with Crippen LogP contribution in [0.15, 0.2) is 72.3 Å². The standard InChI is InChI=1S/C24H31BO3/c1-17(2)20(5)28-25(26)23-10-8-7-9-21(12-11-18(3)15-23)22-13-14-24(27-6)19(4)16-22/h8-17,20,26H,3,7H2,1-2,4-6H3/b10-8-,12-11-,21-9+,23-15+. The Bertz CT molecular complexity index is 815. The number of methoxy groups -OCH3 is 1. The molecule has 0 saturated heterocycles. The van der Waals surface area contributed by atoms with Crippen LogP contribution in [0.25, 0.3) is 5.57 Å². The first kappa shape index (κ1) is 22.0. The minimum absolute atomic E-state index is 0.0340. The average Bonchev–Trinajstić information content (AvgIpc) is 2.66. The van der Waals surface area contributed by atoms with Gasteiger partial charge in [-0.1, -0.05) is 62.9 Å². The van der Waals surface area contributed by atoms with Crippen LogP contribution in [0.4, 0.5) is 0 Å². The maximum Gasteiger partial charge on any atom is 0.491 e. The normalized spacial score (nSPS) is 21.9. The number of allylic oxidation sites excluding steroid dienone is 9. The fourth-order valence-corrected chi connectivity index (χ4v) is 2.84. The summed E-state index contributed by atoms with van der Waals surface area (Å²) < 4.78 is 11.1. The van der Waals surface area contributed by atoms with E-state index in [-0.39, 0.29) is 6.10 Å². The fraction of sp³-hybridized carbons (Fsp3) is 0.333. The Balaban J connectivity index is 2.22. The molecule has 0 saturated carbocycles. The van der Waals surface area contributed by atoms with Crippen molar-refractivity contribution >= 4 is 12.7 Å². The number of hydrogen-bond donors (Lipinski definition) is 1. The number of aryl methyl sites for hydroxylation is 1. The molecule has 1 aliphatic rings. The van der Waals surface area contributed by atoms with Gasteiger partial charge < -0.3 is 14.4 Å². The predicted octanol–water partition coefficient (Wildman–Crippen LogP) is 5.47. The number of rotatable bonds is 6. The molecule has 1 N–H and O–H groups in total. The minimum Gasteiger partial charge on any atom is -0.496 e. The lowest BCUT2D eigenvalue weighted by atomic mass is 9.76. The molecule has 4 heteroatoms. The molecule has 0 fully saturated rings. The Morgan fingerprint density at radius 2 is 1.89 bits per heavy atom. The first-order valence-electron chi connectivity index (χ1n) is 9.75. The lowest BCUT2D eigenvalue weighted by Gasteiger charge is -2.19. The number of benzene rings is 1. The van der Waals surface area contributed by atoms with Crippen LogP contribution in [-0.4, -0.2) is 25.4 Å².